The third-order valence-electron chi connectivity index (χ3n) is 2.76. The average molecular weight is 245 g/mol. The Balaban J connectivity index is 2.14. The van der Waals surface area contributed by atoms with Crippen LogP contribution in [-0.4, -0.2) is 5.78 Å². The Bertz CT molecular complexity index is 404. The molecule has 0 saturated heterocycles. The van der Waals surface area contributed by atoms with Gasteiger partial charge in [0, 0.05) is 11.4 Å². The topological polar surface area (TPSA) is 17.1 Å². The fourth-order valence-electron chi connectivity index (χ4n) is 1.68. The van der Waals surface area contributed by atoms with Gasteiger partial charge in [-0.15, -0.1) is 0 Å². The van der Waals surface area contributed by atoms with E-state index in [1.54, 1.807) is 0 Å². The second-order valence-electron chi connectivity index (χ2n) is 4.15. The van der Waals surface area contributed by atoms with Crippen molar-refractivity contribution in [1.29, 1.82) is 0 Å². The Morgan fingerprint density at radius 3 is 2.38 bits per heavy atom. The first-order chi connectivity index (χ1) is 7.58. The lowest BCUT2D eigenvalue weighted by Crippen LogP contribution is -2.06. The SMILES string of the molecule is O=C(CCC1CC1)c1c(F)cc(Cl)cc1F. The molecule has 0 N–H and O–H groups in total. The maximum atomic E-state index is 13.4. The molecule has 1 aromatic rings. The Hall–Kier alpha value is -0.960. The fourth-order valence-corrected chi connectivity index (χ4v) is 1.87. The molecular formula is C12H11ClF2O. The predicted molar refractivity (Wildman–Crippen MR) is 57.7 cm³/mol. The molecular weight excluding hydrogens is 234 g/mol. The number of halogens is 3. The minimum Gasteiger partial charge on any atom is -0.294 e. The number of carbonyl (C=O) groups is 1. The summed E-state index contributed by atoms with van der Waals surface area (Å²) in [5, 5.41) is -0.0336. The Morgan fingerprint density at radius 1 is 1.31 bits per heavy atom. The first-order valence-corrected chi connectivity index (χ1v) is 5.63. The van der Waals surface area contributed by atoms with Crippen molar-refractivity contribution in [3.63, 3.8) is 0 Å². The van der Waals surface area contributed by atoms with E-state index in [4.69, 9.17) is 11.6 Å². The lowest BCUT2D eigenvalue weighted by atomic mass is 10.0. The number of rotatable bonds is 4. The number of ketones is 1. The van der Waals surface area contributed by atoms with Gasteiger partial charge >= 0.3 is 0 Å². The summed E-state index contributed by atoms with van der Waals surface area (Å²) >= 11 is 5.47. The highest BCUT2D eigenvalue weighted by molar-refractivity contribution is 6.30. The number of carbonyl (C=O) groups excluding carboxylic acids is 1. The lowest BCUT2D eigenvalue weighted by Gasteiger charge is -2.04. The molecule has 1 aliphatic carbocycles. The Kier molecular flexibility index (Phi) is 3.24. The molecule has 1 nitrogen and oxygen atoms in total. The summed E-state index contributed by atoms with van der Waals surface area (Å²) in [5.41, 5.74) is -0.454. The molecule has 4 heteroatoms. The smallest absolute Gasteiger partial charge is 0.168 e. The van der Waals surface area contributed by atoms with Gasteiger partial charge in [-0.25, -0.2) is 8.78 Å². The number of benzene rings is 1. The standard InChI is InChI=1S/C12H11ClF2O/c13-8-5-9(14)12(10(15)6-8)11(16)4-3-7-1-2-7/h5-7H,1-4H2. The van der Waals surface area contributed by atoms with Gasteiger partial charge in [0.1, 0.15) is 11.6 Å². The van der Waals surface area contributed by atoms with Crippen molar-refractivity contribution in [3.05, 3.63) is 34.4 Å². The molecule has 2 rings (SSSR count). The predicted octanol–water partition coefficient (Wildman–Crippen LogP) is 3.99. The molecule has 0 heterocycles. The molecule has 0 bridgehead atoms. The molecule has 0 amide bonds. The molecule has 1 saturated carbocycles. The second-order valence-corrected chi connectivity index (χ2v) is 4.59. The highest BCUT2D eigenvalue weighted by Gasteiger charge is 2.24. The quantitative estimate of drug-likeness (QED) is 0.732. The van der Waals surface area contributed by atoms with Crippen molar-refractivity contribution in [2.24, 2.45) is 5.92 Å². The van der Waals surface area contributed by atoms with Crippen LogP contribution in [0.4, 0.5) is 8.78 Å². The summed E-state index contributed by atoms with van der Waals surface area (Å²) in [5.74, 6) is -1.64. The van der Waals surface area contributed by atoms with Gasteiger partial charge in [-0.05, 0) is 24.5 Å². The largest absolute Gasteiger partial charge is 0.294 e. The van der Waals surface area contributed by atoms with Crippen LogP contribution in [0.15, 0.2) is 12.1 Å². The number of Topliss-reactive ketones (excluding diaryl/α,β-unsaturated/α-hetero) is 1. The van der Waals surface area contributed by atoms with E-state index in [0.29, 0.717) is 5.92 Å². The van der Waals surface area contributed by atoms with Crippen LogP contribution in [0.3, 0.4) is 0 Å². The van der Waals surface area contributed by atoms with Gasteiger partial charge in [0.25, 0.3) is 0 Å². The summed E-state index contributed by atoms with van der Waals surface area (Å²) in [6, 6.07) is 1.93. The van der Waals surface area contributed by atoms with E-state index >= 15 is 0 Å². The molecule has 0 radical (unpaired) electrons. The first-order valence-electron chi connectivity index (χ1n) is 5.25. The molecule has 0 spiro atoms. The van der Waals surface area contributed by atoms with Crippen molar-refractivity contribution < 1.29 is 13.6 Å². The maximum Gasteiger partial charge on any atom is 0.168 e. The molecule has 0 aliphatic heterocycles. The zero-order valence-corrected chi connectivity index (χ0v) is 9.36. The van der Waals surface area contributed by atoms with Crippen LogP contribution in [0.5, 0.6) is 0 Å². The van der Waals surface area contributed by atoms with Crippen LogP contribution in [-0.2, 0) is 0 Å². The number of hydrogen-bond acceptors (Lipinski definition) is 1. The lowest BCUT2D eigenvalue weighted by molar-refractivity contribution is 0.0970. The molecule has 0 atom stereocenters. The van der Waals surface area contributed by atoms with Crippen LogP contribution in [0.1, 0.15) is 36.0 Å². The minimum absolute atomic E-state index is 0.0336. The van der Waals surface area contributed by atoms with E-state index in [0.717, 1.165) is 31.4 Å². The minimum atomic E-state index is -0.870. The maximum absolute atomic E-state index is 13.4. The summed E-state index contributed by atoms with van der Waals surface area (Å²) < 4.78 is 26.7. The summed E-state index contributed by atoms with van der Waals surface area (Å²) in [7, 11) is 0. The van der Waals surface area contributed by atoms with Gasteiger partial charge in [-0.3, -0.25) is 4.79 Å². The van der Waals surface area contributed by atoms with Gasteiger partial charge in [0.05, 0.1) is 5.56 Å². The van der Waals surface area contributed by atoms with E-state index in [-0.39, 0.29) is 11.4 Å². The van der Waals surface area contributed by atoms with Crippen LogP contribution in [0, 0.1) is 17.6 Å². The van der Waals surface area contributed by atoms with Crippen molar-refractivity contribution in [2.45, 2.75) is 25.7 Å². The highest BCUT2D eigenvalue weighted by Crippen LogP contribution is 2.34. The molecule has 86 valence electrons. The summed E-state index contributed by atoms with van der Waals surface area (Å²) in [6.45, 7) is 0. The van der Waals surface area contributed by atoms with Crippen molar-refractivity contribution in [2.75, 3.05) is 0 Å². The van der Waals surface area contributed by atoms with E-state index in [9.17, 15) is 13.6 Å². The van der Waals surface area contributed by atoms with E-state index in [1.165, 1.54) is 0 Å². The molecule has 1 aromatic carbocycles. The Labute approximate surface area is 97.4 Å². The van der Waals surface area contributed by atoms with Crippen LogP contribution >= 0.6 is 11.6 Å². The molecule has 1 fully saturated rings. The molecule has 1 aliphatic rings. The number of hydrogen-bond donors (Lipinski definition) is 0. The zero-order valence-electron chi connectivity index (χ0n) is 8.60. The van der Waals surface area contributed by atoms with E-state index < -0.39 is 23.0 Å². The van der Waals surface area contributed by atoms with Crippen molar-refractivity contribution in [3.8, 4) is 0 Å². The normalized spacial score (nSPS) is 15.2. The van der Waals surface area contributed by atoms with E-state index in [1.807, 2.05) is 0 Å². The molecule has 16 heavy (non-hydrogen) atoms. The molecule has 0 aromatic heterocycles. The highest BCUT2D eigenvalue weighted by atomic mass is 35.5. The third-order valence-corrected chi connectivity index (χ3v) is 2.98. The first kappa shape index (κ1) is 11.5. The average Bonchev–Trinajstić information content (AvgIpc) is 2.96. The zero-order chi connectivity index (χ0) is 11.7. The van der Waals surface area contributed by atoms with Gasteiger partial charge in [0.2, 0.25) is 0 Å². The second kappa shape index (κ2) is 4.50. The van der Waals surface area contributed by atoms with Crippen LogP contribution < -0.4 is 0 Å². The third kappa shape index (κ3) is 2.59. The van der Waals surface area contributed by atoms with Crippen LogP contribution in [0.25, 0.3) is 0 Å². The monoisotopic (exact) mass is 244 g/mol. The fraction of sp³-hybridized carbons (Fsp3) is 0.417. The van der Waals surface area contributed by atoms with Crippen molar-refractivity contribution in [1.82, 2.24) is 0 Å². The van der Waals surface area contributed by atoms with Gasteiger partial charge < -0.3 is 0 Å². The van der Waals surface area contributed by atoms with E-state index in [2.05, 4.69) is 0 Å². The van der Waals surface area contributed by atoms with Gasteiger partial charge in [0.15, 0.2) is 5.78 Å². The van der Waals surface area contributed by atoms with Gasteiger partial charge in [-0.1, -0.05) is 24.4 Å². The molecule has 0 unspecified atom stereocenters. The Morgan fingerprint density at radius 2 is 1.88 bits per heavy atom. The summed E-state index contributed by atoms with van der Waals surface area (Å²) in [6.07, 6.45) is 3.18. The summed E-state index contributed by atoms with van der Waals surface area (Å²) in [4.78, 5) is 11.6. The van der Waals surface area contributed by atoms with Gasteiger partial charge in [-0.2, -0.15) is 0 Å². The van der Waals surface area contributed by atoms with Crippen LogP contribution in [0.2, 0.25) is 5.02 Å². The van der Waals surface area contributed by atoms with Crippen molar-refractivity contribution >= 4 is 17.4 Å².